The maximum absolute atomic E-state index is 11.6. The van der Waals surface area contributed by atoms with E-state index in [1.807, 2.05) is 0 Å². The summed E-state index contributed by atoms with van der Waals surface area (Å²) >= 11 is 0. The van der Waals surface area contributed by atoms with E-state index in [2.05, 4.69) is 5.32 Å². The molecular formula is C11H17N3O5S. The molecule has 1 aromatic carbocycles. The molecule has 0 aliphatic heterocycles. The van der Waals surface area contributed by atoms with E-state index >= 15 is 0 Å². The zero-order valence-corrected chi connectivity index (χ0v) is 11.4. The molecule has 0 unspecified atom stereocenters. The topological polar surface area (TPSA) is 156 Å². The van der Waals surface area contributed by atoms with Gasteiger partial charge in [-0.3, -0.25) is 4.79 Å². The third-order valence-corrected chi connectivity index (χ3v) is 3.29. The number of primary sulfonamides is 1. The Labute approximate surface area is 116 Å². The van der Waals surface area contributed by atoms with Crippen molar-refractivity contribution in [1.29, 1.82) is 0 Å². The monoisotopic (exact) mass is 303 g/mol. The highest BCUT2D eigenvalue weighted by Gasteiger charge is 2.15. The highest BCUT2D eigenvalue weighted by atomic mass is 32.2. The summed E-state index contributed by atoms with van der Waals surface area (Å²) in [6.45, 7) is -0.119. The second-order valence-electron chi connectivity index (χ2n) is 4.29. The summed E-state index contributed by atoms with van der Waals surface area (Å²) in [6.07, 6.45) is 0.134. The van der Waals surface area contributed by atoms with Crippen molar-refractivity contribution in [1.82, 2.24) is 5.32 Å². The lowest BCUT2D eigenvalue weighted by Crippen LogP contribution is -2.43. The van der Waals surface area contributed by atoms with Gasteiger partial charge < -0.3 is 21.3 Å². The van der Waals surface area contributed by atoms with Gasteiger partial charge in [-0.1, -0.05) is 6.07 Å². The molecule has 0 fully saturated rings. The number of nitrogens with one attached hydrogen (secondary N) is 1. The van der Waals surface area contributed by atoms with Crippen LogP contribution in [0, 0.1) is 0 Å². The van der Waals surface area contributed by atoms with E-state index in [9.17, 15) is 18.3 Å². The van der Waals surface area contributed by atoms with Crippen LogP contribution in [-0.2, 0) is 21.2 Å². The molecule has 0 aliphatic carbocycles. The summed E-state index contributed by atoms with van der Waals surface area (Å²) < 4.78 is 21.4. The third kappa shape index (κ3) is 5.43. The number of carbonyl (C=O) groups excluding carboxylic acids is 1. The lowest BCUT2D eigenvalue weighted by atomic mass is 10.1. The molecule has 1 rings (SSSR count). The average Bonchev–Trinajstić information content (AvgIpc) is 2.32. The maximum Gasteiger partial charge on any atom is 0.237 e. The van der Waals surface area contributed by atoms with Gasteiger partial charge in [-0.25, -0.2) is 13.6 Å². The number of rotatable bonds is 6. The van der Waals surface area contributed by atoms with Gasteiger partial charge in [0.25, 0.3) is 0 Å². The van der Waals surface area contributed by atoms with Crippen LogP contribution in [-0.4, -0.2) is 42.9 Å². The van der Waals surface area contributed by atoms with E-state index in [0.717, 1.165) is 0 Å². The van der Waals surface area contributed by atoms with Crippen LogP contribution >= 0.6 is 0 Å². The van der Waals surface area contributed by atoms with Gasteiger partial charge in [0.2, 0.25) is 15.9 Å². The van der Waals surface area contributed by atoms with E-state index in [1.54, 1.807) is 0 Å². The van der Waals surface area contributed by atoms with Crippen LogP contribution in [0.1, 0.15) is 5.56 Å². The van der Waals surface area contributed by atoms with Gasteiger partial charge in [-0.05, 0) is 24.1 Å². The molecule has 0 aromatic heterocycles. The fraction of sp³-hybridized carbons (Fsp3) is 0.364. The van der Waals surface area contributed by atoms with Crippen molar-refractivity contribution in [2.24, 2.45) is 10.9 Å². The molecule has 0 saturated heterocycles. The summed E-state index contributed by atoms with van der Waals surface area (Å²) in [7, 11) is -3.63. The SMILES string of the molecule is N[C@@H](Cc1ccc(O)c(O)c1)C(=O)NCCS(N)(=O)=O. The van der Waals surface area contributed by atoms with E-state index in [-0.39, 0.29) is 30.2 Å². The summed E-state index contributed by atoms with van der Waals surface area (Å²) in [5.41, 5.74) is 6.21. The molecule has 0 aliphatic rings. The van der Waals surface area contributed by atoms with Crippen molar-refractivity contribution in [2.45, 2.75) is 12.5 Å². The van der Waals surface area contributed by atoms with Gasteiger partial charge in [0, 0.05) is 6.54 Å². The number of phenols is 2. The number of hydrogen-bond acceptors (Lipinski definition) is 6. The minimum absolute atomic E-state index is 0.119. The molecule has 112 valence electrons. The van der Waals surface area contributed by atoms with Gasteiger partial charge in [0.1, 0.15) is 0 Å². The number of benzene rings is 1. The number of sulfonamides is 1. The zero-order valence-electron chi connectivity index (χ0n) is 10.6. The summed E-state index contributed by atoms with van der Waals surface area (Å²) in [6, 6.07) is 3.20. The van der Waals surface area contributed by atoms with Crippen molar-refractivity contribution in [3.05, 3.63) is 23.8 Å². The van der Waals surface area contributed by atoms with Crippen LogP contribution in [0.2, 0.25) is 0 Å². The summed E-state index contributed by atoms with van der Waals surface area (Å²) in [5, 5.41) is 25.6. The third-order valence-electron chi connectivity index (χ3n) is 2.52. The molecule has 0 heterocycles. The molecule has 0 radical (unpaired) electrons. The van der Waals surface area contributed by atoms with Crippen LogP contribution in [0.3, 0.4) is 0 Å². The quantitative estimate of drug-likeness (QED) is 0.397. The molecule has 8 nitrogen and oxygen atoms in total. The first kappa shape index (κ1) is 16.2. The van der Waals surface area contributed by atoms with Crippen LogP contribution < -0.4 is 16.2 Å². The molecule has 0 spiro atoms. The first-order valence-electron chi connectivity index (χ1n) is 5.73. The van der Waals surface area contributed by atoms with Gasteiger partial charge in [-0.15, -0.1) is 0 Å². The highest BCUT2D eigenvalue weighted by Crippen LogP contribution is 2.25. The Balaban J connectivity index is 2.51. The minimum Gasteiger partial charge on any atom is -0.504 e. The highest BCUT2D eigenvalue weighted by molar-refractivity contribution is 7.89. The Morgan fingerprint density at radius 3 is 2.50 bits per heavy atom. The van der Waals surface area contributed by atoms with Crippen molar-refractivity contribution >= 4 is 15.9 Å². The Kier molecular flexibility index (Phi) is 5.31. The van der Waals surface area contributed by atoms with Crippen LogP contribution in [0.25, 0.3) is 0 Å². The molecule has 20 heavy (non-hydrogen) atoms. The fourth-order valence-electron chi connectivity index (χ4n) is 1.49. The second-order valence-corrected chi connectivity index (χ2v) is 6.03. The maximum atomic E-state index is 11.6. The Hall–Kier alpha value is -1.84. The van der Waals surface area contributed by atoms with Crippen molar-refractivity contribution < 1.29 is 23.4 Å². The predicted molar refractivity (Wildman–Crippen MR) is 72.4 cm³/mol. The minimum atomic E-state index is -3.63. The van der Waals surface area contributed by atoms with Crippen LogP contribution in [0.15, 0.2) is 18.2 Å². The van der Waals surface area contributed by atoms with Crippen molar-refractivity contribution in [2.75, 3.05) is 12.3 Å². The number of amides is 1. The Bertz CT molecular complexity index is 588. The molecular weight excluding hydrogens is 286 g/mol. The number of hydrogen-bond donors (Lipinski definition) is 5. The largest absolute Gasteiger partial charge is 0.504 e. The van der Waals surface area contributed by atoms with Gasteiger partial charge in [-0.2, -0.15) is 0 Å². The lowest BCUT2D eigenvalue weighted by Gasteiger charge is -2.12. The van der Waals surface area contributed by atoms with Crippen molar-refractivity contribution in [3.8, 4) is 11.5 Å². The molecule has 1 amide bonds. The van der Waals surface area contributed by atoms with E-state index < -0.39 is 22.0 Å². The molecule has 1 atom stereocenters. The number of nitrogens with two attached hydrogens (primary N) is 2. The molecule has 1 aromatic rings. The van der Waals surface area contributed by atoms with Crippen LogP contribution in [0.4, 0.5) is 0 Å². The Morgan fingerprint density at radius 2 is 1.95 bits per heavy atom. The molecule has 0 bridgehead atoms. The fourth-order valence-corrected chi connectivity index (χ4v) is 1.88. The van der Waals surface area contributed by atoms with E-state index in [1.165, 1.54) is 18.2 Å². The standard InChI is InChI=1S/C11H17N3O5S/c12-8(11(17)14-3-4-20(13,18)19)5-7-1-2-9(15)10(16)6-7/h1-2,6,8,15-16H,3-5,12H2,(H,14,17)(H2,13,18,19)/t8-/m0/s1. The van der Waals surface area contributed by atoms with E-state index in [0.29, 0.717) is 5.56 Å². The summed E-state index contributed by atoms with van der Waals surface area (Å²) in [4.78, 5) is 11.6. The normalized spacial score (nSPS) is 12.9. The van der Waals surface area contributed by atoms with E-state index in [4.69, 9.17) is 16.0 Å². The number of aromatic hydroxyl groups is 2. The van der Waals surface area contributed by atoms with Gasteiger partial charge in [0.05, 0.1) is 11.8 Å². The predicted octanol–water partition coefficient (Wildman–Crippen LogP) is -1.63. The number of carbonyl (C=O) groups is 1. The van der Waals surface area contributed by atoms with Gasteiger partial charge in [0.15, 0.2) is 11.5 Å². The average molecular weight is 303 g/mol. The van der Waals surface area contributed by atoms with Crippen molar-refractivity contribution in [3.63, 3.8) is 0 Å². The summed E-state index contributed by atoms with van der Waals surface area (Å²) in [5.74, 6) is -1.46. The number of phenolic OH excluding ortho intramolecular Hbond substituents is 2. The smallest absolute Gasteiger partial charge is 0.237 e. The molecule has 7 N–H and O–H groups in total. The van der Waals surface area contributed by atoms with Gasteiger partial charge >= 0.3 is 0 Å². The second kappa shape index (κ2) is 6.55. The van der Waals surface area contributed by atoms with Crippen LogP contribution in [0.5, 0.6) is 11.5 Å². The first-order valence-corrected chi connectivity index (χ1v) is 7.45. The lowest BCUT2D eigenvalue weighted by molar-refractivity contribution is -0.122. The zero-order chi connectivity index (χ0) is 15.3. The first-order chi connectivity index (χ1) is 9.19. The molecule has 9 heteroatoms. The Morgan fingerprint density at radius 1 is 1.30 bits per heavy atom. The molecule has 0 saturated carbocycles.